The number of methoxy groups -OCH3 is 1. The minimum Gasteiger partial charge on any atom is -0.497 e. The van der Waals surface area contributed by atoms with Crippen LogP contribution in [-0.2, 0) is 4.79 Å². The van der Waals surface area contributed by atoms with Crippen LogP contribution in [-0.4, -0.2) is 54.3 Å². The standard InChI is InChI=1S/C23H27ClN4O3/c1-15(2)25-23(30)27(3)14-22(29)28-21(16-9-11-17(31-4)12-10-16)13-20(26-28)18-7-5-6-8-19(18)24/h5-12,15,21H,13-14H2,1-4H3,(H,25,30)/t21-/m1/s1. The van der Waals surface area contributed by atoms with Gasteiger partial charge in [0.1, 0.15) is 12.3 Å². The molecule has 1 atom stereocenters. The number of amides is 3. The van der Waals surface area contributed by atoms with Gasteiger partial charge in [0.2, 0.25) is 0 Å². The topological polar surface area (TPSA) is 74.2 Å². The predicted molar refractivity (Wildman–Crippen MR) is 121 cm³/mol. The molecule has 1 aliphatic heterocycles. The molecule has 0 bridgehead atoms. The van der Waals surface area contributed by atoms with Gasteiger partial charge in [0.25, 0.3) is 5.91 Å². The minimum atomic E-state index is -0.307. The lowest BCUT2D eigenvalue weighted by atomic mass is 9.98. The molecule has 0 aromatic heterocycles. The molecule has 0 unspecified atom stereocenters. The highest BCUT2D eigenvalue weighted by atomic mass is 35.5. The van der Waals surface area contributed by atoms with Gasteiger partial charge >= 0.3 is 6.03 Å². The second-order valence-electron chi connectivity index (χ2n) is 7.72. The van der Waals surface area contributed by atoms with E-state index >= 15 is 0 Å². The molecule has 0 saturated heterocycles. The summed E-state index contributed by atoms with van der Waals surface area (Å²) in [4.78, 5) is 26.7. The maximum atomic E-state index is 13.2. The molecule has 2 aromatic carbocycles. The number of nitrogens with zero attached hydrogens (tertiary/aromatic N) is 3. The normalized spacial score (nSPS) is 15.6. The number of ether oxygens (including phenoxy) is 1. The van der Waals surface area contributed by atoms with E-state index in [0.717, 1.165) is 22.6 Å². The highest BCUT2D eigenvalue weighted by Gasteiger charge is 2.34. The van der Waals surface area contributed by atoms with Crippen molar-refractivity contribution >= 4 is 29.3 Å². The fraction of sp³-hybridized carbons (Fsp3) is 0.348. The van der Waals surface area contributed by atoms with Crippen LogP contribution in [0.1, 0.15) is 37.4 Å². The third-order valence-electron chi connectivity index (χ3n) is 4.98. The van der Waals surface area contributed by atoms with Gasteiger partial charge in [0.15, 0.2) is 0 Å². The van der Waals surface area contributed by atoms with Crippen LogP contribution >= 0.6 is 11.6 Å². The van der Waals surface area contributed by atoms with Gasteiger partial charge in [-0.05, 0) is 37.6 Å². The van der Waals surface area contributed by atoms with E-state index in [1.807, 2.05) is 56.3 Å². The van der Waals surface area contributed by atoms with Crippen molar-refractivity contribution in [2.75, 3.05) is 20.7 Å². The summed E-state index contributed by atoms with van der Waals surface area (Å²) in [7, 11) is 3.20. The van der Waals surface area contributed by atoms with Crippen LogP contribution in [0, 0.1) is 0 Å². The van der Waals surface area contributed by atoms with Crippen LogP contribution in [0.2, 0.25) is 5.02 Å². The molecule has 3 amide bonds. The Kier molecular flexibility index (Phi) is 7.17. The first-order chi connectivity index (χ1) is 14.8. The summed E-state index contributed by atoms with van der Waals surface area (Å²) in [5.74, 6) is 0.459. The lowest BCUT2D eigenvalue weighted by Gasteiger charge is -2.25. The number of carbonyl (C=O) groups is 2. The van der Waals surface area contributed by atoms with Crippen molar-refractivity contribution in [2.45, 2.75) is 32.4 Å². The first kappa shape index (κ1) is 22.6. The first-order valence-corrected chi connectivity index (χ1v) is 10.5. The lowest BCUT2D eigenvalue weighted by molar-refractivity contribution is -0.133. The third kappa shape index (κ3) is 5.35. The Morgan fingerprint density at radius 2 is 1.90 bits per heavy atom. The Morgan fingerprint density at radius 1 is 1.23 bits per heavy atom. The van der Waals surface area contributed by atoms with Gasteiger partial charge < -0.3 is 15.0 Å². The van der Waals surface area contributed by atoms with Crippen molar-refractivity contribution in [1.82, 2.24) is 15.2 Å². The van der Waals surface area contributed by atoms with Gasteiger partial charge in [-0.15, -0.1) is 0 Å². The van der Waals surface area contributed by atoms with Gasteiger partial charge in [-0.3, -0.25) is 4.79 Å². The quantitative estimate of drug-likeness (QED) is 0.732. The molecule has 7 nitrogen and oxygen atoms in total. The van der Waals surface area contributed by atoms with Crippen molar-refractivity contribution < 1.29 is 14.3 Å². The average molecular weight is 443 g/mol. The zero-order chi connectivity index (χ0) is 22.5. The highest BCUT2D eigenvalue weighted by molar-refractivity contribution is 6.34. The molecule has 1 aliphatic rings. The number of hydrogen-bond donors (Lipinski definition) is 1. The molecule has 0 spiro atoms. The van der Waals surface area contributed by atoms with E-state index in [1.165, 1.54) is 9.91 Å². The van der Waals surface area contributed by atoms with E-state index in [4.69, 9.17) is 16.3 Å². The molecule has 0 saturated carbocycles. The van der Waals surface area contributed by atoms with E-state index < -0.39 is 0 Å². The van der Waals surface area contributed by atoms with Crippen molar-refractivity contribution in [3.63, 3.8) is 0 Å². The van der Waals surface area contributed by atoms with Crippen LogP contribution in [0.25, 0.3) is 0 Å². The van der Waals surface area contributed by atoms with Crippen molar-refractivity contribution in [3.05, 3.63) is 64.7 Å². The summed E-state index contributed by atoms with van der Waals surface area (Å²) in [5, 5.41) is 9.44. The second-order valence-corrected chi connectivity index (χ2v) is 8.13. The lowest BCUT2D eigenvalue weighted by Crippen LogP contribution is -2.45. The highest BCUT2D eigenvalue weighted by Crippen LogP contribution is 2.35. The van der Waals surface area contributed by atoms with Gasteiger partial charge in [-0.2, -0.15) is 5.10 Å². The third-order valence-corrected chi connectivity index (χ3v) is 5.31. The van der Waals surface area contributed by atoms with Crippen molar-refractivity contribution in [3.8, 4) is 5.75 Å². The summed E-state index contributed by atoms with van der Waals surface area (Å²) in [6, 6.07) is 14.4. The summed E-state index contributed by atoms with van der Waals surface area (Å²) in [5.41, 5.74) is 2.45. The van der Waals surface area contributed by atoms with Gasteiger partial charge in [0, 0.05) is 30.1 Å². The van der Waals surface area contributed by atoms with Crippen LogP contribution < -0.4 is 10.1 Å². The second kappa shape index (κ2) is 9.83. The molecule has 164 valence electrons. The zero-order valence-electron chi connectivity index (χ0n) is 18.1. The Hall–Kier alpha value is -3.06. The van der Waals surface area contributed by atoms with Gasteiger partial charge in [0.05, 0.1) is 18.9 Å². The summed E-state index contributed by atoms with van der Waals surface area (Å²) < 4.78 is 5.25. The number of likely N-dealkylation sites (N-methyl/N-ethyl adjacent to an activating group) is 1. The first-order valence-electron chi connectivity index (χ1n) is 10.1. The molecule has 0 fully saturated rings. The number of halogens is 1. The number of hydrazone groups is 1. The zero-order valence-corrected chi connectivity index (χ0v) is 18.9. The summed E-state index contributed by atoms with van der Waals surface area (Å²) in [6.07, 6.45) is 0.518. The molecule has 0 radical (unpaired) electrons. The van der Waals surface area contributed by atoms with Crippen molar-refractivity contribution in [2.24, 2.45) is 5.10 Å². The molecule has 0 aliphatic carbocycles. The van der Waals surface area contributed by atoms with E-state index in [0.29, 0.717) is 11.4 Å². The van der Waals surface area contributed by atoms with Gasteiger partial charge in [-0.25, -0.2) is 9.80 Å². The Balaban J connectivity index is 1.88. The van der Waals surface area contributed by atoms with Crippen molar-refractivity contribution in [1.29, 1.82) is 0 Å². The van der Waals surface area contributed by atoms with Gasteiger partial charge in [-0.1, -0.05) is 41.9 Å². The monoisotopic (exact) mass is 442 g/mol. The molecule has 8 heteroatoms. The number of nitrogens with one attached hydrogen (secondary N) is 1. The number of rotatable bonds is 6. The van der Waals surface area contributed by atoms with E-state index in [2.05, 4.69) is 10.4 Å². The van der Waals surface area contributed by atoms with E-state index in [-0.39, 0.29) is 30.6 Å². The fourth-order valence-electron chi connectivity index (χ4n) is 3.39. The smallest absolute Gasteiger partial charge is 0.317 e. The largest absolute Gasteiger partial charge is 0.497 e. The molecule has 1 N–H and O–H groups in total. The number of urea groups is 1. The number of benzene rings is 2. The number of hydrogen-bond acceptors (Lipinski definition) is 4. The Morgan fingerprint density at radius 3 is 2.52 bits per heavy atom. The molecular formula is C23H27ClN4O3. The predicted octanol–water partition coefficient (Wildman–Crippen LogP) is 4.08. The van der Waals surface area contributed by atoms with E-state index in [1.54, 1.807) is 20.2 Å². The molecular weight excluding hydrogens is 416 g/mol. The maximum absolute atomic E-state index is 13.2. The number of carbonyl (C=O) groups excluding carboxylic acids is 2. The molecule has 2 aromatic rings. The molecule has 1 heterocycles. The molecule has 31 heavy (non-hydrogen) atoms. The van der Waals surface area contributed by atoms with Crippen LogP contribution in [0.5, 0.6) is 5.75 Å². The molecule has 3 rings (SSSR count). The SMILES string of the molecule is COc1ccc([C@H]2CC(c3ccccc3Cl)=NN2C(=O)CN(C)C(=O)NC(C)C)cc1. The van der Waals surface area contributed by atoms with E-state index in [9.17, 15) is 9.59 Å². The summed E-state index contributed by atoms with van der Waals surface area (Å²) >= 11 is 6.38. The average Bonchev–Trinajstić information content (AvgIpc) is 3.19. The van der Waals surface area contributed by atoms with Crippen LogP contribution in [0.15, 0.2) is 53.6 Å². The van der Waals surface area contributed by atoms with Crippen LogP contribution in [0.4, 0.5) is 4.79 Å². The fourth-order valence-corrected chi connectivity index (χ4v) is 3.63. The van der Waals surface area contributed by atoms with Crippen LogP contribution in [0.3, 0.4) is 0 Å². The maximum Gasteiger partial charge on any atom is 0.317 e. The Bertz CT molecular complexity index is 975. The minimum absolute atomic E-state index is 0.0197. The summed E-state index contributed by atoms with van der Waals surface area (Å²) in [6.45, 7) is 3.65. The Labute approximate surface area is 187 Å².